The maximum Gasteiger partial charge on any atom is 0.276 e. The van der Waals surface area contributed by atoms with Crippen LogP contribution in [0.5, 0.6) is 11.5 Å². The number of aromatic hydroxyl groups is 2. The fraction of sp³-hybridized carbons (Fsp3) is 0.111. The van der Waals surface area contributed by atoms with Crippen molar-refractivity contribution in [2.24, 2.45) is 7.05 Å². The number of halogens is 1. The van der Waals surface area contributed by atoms with Crippen LogP contribution in [-0.4, -0.2) is 20.0 Å². The van der Waals surface area contributed by atoms with Crippen molar-refractivity contribution in [3.05, 3.63) is 27.6 Å². The summed E-state index contributed by atoms with van der Waals surface area (Å²) in [4.78, 5) is 11.6. The molecule has 2 aromatic rings. The first-order valence-corrected chi connectivity index (χ1v) is 4.46. The van der Waals surface area contributed by atoms with Gasteiger partial charge >= 0.3 is 0 Å². The van der Waals surface area contributed by atoms with E-state index in [0.717, 1.165) is 4.68 Å². The summed E-state index contributed by atoms with van der Waals surface area (Å²) >= 11 is 5.76. The Bertz CT molecular complexity index is 606. The van der Waals surface area contributed by atoms with Gasteiger partial charge < -0.3 is 10.2 Å². The fourth-order valence-electron chi connectivity index (χ4n) is 1.33. The van der Waals surface area contributed by atoms with Gasteiger partial charge in [-0.1, -0.05) is 11.6 Å². The number of hydrogen-bond acceptors (Lipinski definition) is 4. The maximum atomic E-state index is 11.6. The third-order valence-electron chi connectivity index (χ3n) is 2.13. The van der Waals surface area contributed by atoms with Crippen LogP contribution < -0.4 is 5.56 Å². The standard InChI is InChI=1S/C9H7ClN2O3/c1-12-9(15)6-4(3-11-12)2-5(13)8(14)7(6)10/h2-3,13-14H,1H3. The average molecular weight is 227 g/mol. The minimum atomic E-state index is -0.493. The van der Waals surface area contributed by atoms with Crippen LogP contribution in [0.3, 0.4) is 0 Å². The molecule has 0 bridgehead atoms. The molecule has 0 radical (unpaired) electrons. The Hall–Kier alpha value is -1.75. The third-order valence-corrected chi connectivity index (χ3v) is 2.50. The summed E-state index contributed by atoms with van der Waals surface area (Å²) < 4.78 is 1.10. The summed E-state index contributed by atoms with van der Waals surface area (Å²) in [5, 5.41) is 22.8. The monoisotopic (exact) mass is 226 g/mol. The lowest BCUT2D eigenvalue weighted by atomic mass is 10.2. The Labute approximate surface area is 89.1 Å². The van der Waals surface area contributed by atoms with Crippen LogP contribution >= 0.6 is 11.6 Å². The largest absolute Gasteiger partial charge is 0.504 e. The molecule has 1 aromatic heterocycles. The summed E-state index contributed by atoms with van der Waals surface area (Å²) in [7, 11) is 1.47. The van der Waals surface area contributed by atoms with Crippen molar-refractivity contribution in [1.82, 2.24) is 9.78 Å². The molecule has 1 heterocycles. The van der Waals surface area contributed by atoms with E-state index < -0.39 is 11.3 Å². The highest BCUT2D eigenvalue weighted by Crippen LogP contribution is 2.37. The van der Waals surface area contributed by atoms with Crippen molar-refractivity contribution in [3.8, 4) is 11.5 Å². The second kappa shape index (κ2) is 3.13. The van der Waals surface area contributed by atoms with Crippen LogP contribution in [0.4, 0.5) is 0 Å². The lowest BCUT2D eigenvalue weighted by Gasteiger charge is -2.05. The van der Waals surface area contributed by atoms with Crippen molar-refractivity contribution in [2.75, 3.05) is 0 Å². The summed E-state index contributed by atoms with van der Waals surface area (Å²) in [6.45, 7) is 0. The number of phenolic OH excluding ortho intramolecular Hbond substituents is 2. The Kier molecular flexibility index (Phi) is 2.04. The summed E-state index contributed by atoms with van der Waals surface area (Å²) in [6.07, 6.45) is 1.39. The van der Waals surface area contributed by atoms with Gasteiger partial charge in [-0.2, -0.15) is 5.10 Å². The zero-order valence-corrected chi connectivity index (χ0v) is 8.49. The molecule has 0 fully saturated rings. The quantitative estimate of drug-likeness (QED) is 0.657. The molecule has 1 aromatic carbocycles. The summed E-state index contributed by atoms with van der Waals surface area (Å²) in [6, 6.07) is 1.24. The van der Waals surface area contributed by atoms with Crippen molar-refractivity contribution in [3.63, 3.8) is 0 Å². The summed E-state index contributed by atoms with van der Waals surface area (Å²) in [5.41, 5.74) is -0.423. The normalized spacial score (nSPS) is 10.8. The van der Waals surface area contributed by atoms with Gasteiger partial charge in [0.2, 0.25) is 0 Å². The van der Waals surface area contributed by atoms with Gasteiger partial charge in [0.05, 0.1) is 16.6 Å². The van der Waals surface area contributed by atoms with Crippen LogP contribution in [0.15, 0.2) is 17.1 Å². The van der Waals surface area contributed by atoms with E-state index in [2.05, 4.69) is 5.10 Å². The van der Waals surface area contributed by atoms with E-state index in [4.69, 9.17) is 11.6 Å². The highest BCUT2D eigenvalue weighted by Gasteiger charge is 2.13. The number of hydrogen-bond donors (Lipinski definition) is 2. The van der Waals surface area contributed by atoms with Gasteiger partial charge in [-0.25, -0.2) is 4.68 Å². The molecule has 0 atom stereocenters. The highest BCUT2D eigenvalue weighted by atomic mass is 35.5. The molecule has 78 valence electrons. The zero-order valence-electron chi connectivity index (χ0n) is 7.73. The predicted molar refractivity (Wildman–Crippen MR) is 55.3 cm³/mol. The van der Waals surface area contributed by atoms with Gasteiger partial charge in [0, 0.05) is 12.4 Å². The first-order chi connectivity index (χ1) is 7.02. The molecule has 0 amide bonds. The van der Waals surface area contributed by atoms with Crippen molar-refractivity contribution >= 4 is 22.4 Å². The topological polar surface area (TPSA) is 75.3 Å². The second-order valence-electron chi connectivity index (χ2n) is 3.10. The van der Waals surface area contributed by atoms with Gasteiger partial charge in [0.15, 0.2) is 11.5 Å². The van der Waals surface area contributed by atoms with E-state index in [1.54, 1.807) is 0 Å². The Morgan fingerprint density at radius 2 is 2.13 bits per heavy atom. The number of benzene rings is 1. The molecule has 0 aliphatic rings. The molecule has 2 rings (SSSR count). The fourth-order valence-corrected chi connectivity index (χ4v) is 1.61. The van der Waals surface area contributed by atoms with Crippen LogP contribution in [0, 0.1) is 0 Å². The first kappa shape index (κ1) is 9.79. The lowest BCUT2D eigenvalue weighted by Crippen LogP contribution is -2.19. The molecule has 0 unspecified atom stereocenters. The second-order valence-corrected chi connectivity index (χ2v) is 3.47. The maximum absolute atomic E-state index is 11.6. The average Bonchev–Trinajstić information content (AvgIpc) is 2.20. The number of fused-ring (bicyclic) bond motifs is 1. The van der Waals surface area contributed by atoms with E-state index in [-0.39, 0.29) is 16.2 Å². The number of aryl methyl sites for hydroxylation is 1. The number of nitrogens with zero attached hydrogens (tertiary/aromatic N) is 2. The summed E-state index contributed by atoms with van der Waals surface area (Å²) in [5.74, 6) is -0.866. The van der Waals surface area contributed by atoms with Crippen LogP contribution in [0.1, 0.15) is 0 Å². The Balaban J connectivity index is 3.07. The van der Waals surface area contributed by atoms with E-state index in [9.17, 15) is 15.0 Å². The first-order valence-electron chi connectivity index (χ1n) is 4.09. The molecular weight excluding hydrogens is 220 g/mol. The molecule has 0 saturated heterocycles. The molecule has 0 saturated carbocycles. The van der Waals surface area contributed by atoms with Crippen LogP contribution in [0.2, 0.25) is 5.02 Å². The van der Waals surface area contributed by atoms with E-state index in [1.165, 1.54) is 19.3 Å². The Morgan fingerprint density at radius 3 is 2.80 bits per heavy atom. The smallest absolute Gasteiger partial charge is 0.276 e. The number of rotatable bonds is 0. The number of aromatic nitrogens is 2. The van der Waals surface area contributed by atoms with E-state index in [1.807, 2.05) is 0 Å². The highest BCUT2D eigenvalue weighted by molar-refractivity contribution is 6.37. The minimum Gasteiger partial charge on any atom is -0.504 e. The SMILES string of the molecule is Cn1ncc2cc(O)c(O)c(Cl)c2c1=O. The van der Waals surface area contributed by atoms with Crippen molar-refractivity contribution in [2.45, 2.75) is 0 Å². The molecule has 0 aliphatic heterocycles. The predicted octanol–water partition coefficient (Wildman–Crippen LogP) is 0.998. The number of phenols is 2. The molecular formula is C9H7ClN2O3. The molecule has 0 spiro atoms. The van der Waals surface area contributed by atoms with Gasteiger partial charge in [0.25, 0.3) is 5.56 Å². The van der Waals surface area contributed by atoms with E-state index >= 15 is 0 Å². The van der Waals surface area contributed by atoms with Gasteiger partial charge in [0.1, 0.15) is 0 Å². The van der Waals surface area contributed by atoms with Crippen molar-refractivity contribution in [1.29, 1.82) is 0 Å². The van der Waals surface area contributed by atoms with Gasteiger partial charge in [-0.05, 0) is 6.07 Å². The van der Waals surface area contributed by atoms with Gasteiger partial charge in [-0.3, -0.25) is 4.79 Å². The lowest BCUT2D eigenvalue weighted by molar-refractivity contribution is 0.405. The third kappa shape index (κ3) is 1.32. The molecule has 15 heavy (non-hydrogen) atoms. The van der Waals surface area contributed by atoms with Gasteiger partial charge in [-0.15, -0.1) is 0 Å². The molecule has 5 nitrogen and oxygen atoms in total. The van der Waals surface area contributed by atoms with Crippen molar-refractivity contribution < 1.29 is 10.2 Å². The molecule has 6 heteroatoms. The van der Waals surface area contributed by atoms with E-state index in [0.29, 0.717) is 5.39 Å². The molecule has 0 aliphatic carbocycles. The zero-order chi connectivity index (χ0) is 11.2. The Morgan fingerprint density at radius 1 is 1.47 bits per heavy atom. The van der Waals surface area contributed by atoms with Crippen LogP contribution in [0.25, 0.3) is 10.8 Å². The minimum absolute atomic E-state index is 0.143. The molecule has 2 N–H and O–H groups in total. The van der Waals surface area contributed by atoms with Crippen LogP contribution in [-0.2, 0) is 7.05 Å².